The first-order valence-electron chi connectivity index (χ1n) is 15.0. The SMILES string of the molecule is CCC(C)[C@H](NC(=O)[C@H](CCSC)NC=O)C(=O)N[C@H](C(=O)N[C@H](C(=O)N[C@@H](CC(C)C)C(C)=O)C(C)CC)C(C)C. The lowest BCUT2D eigenvalue weighted by Gasteiger charge is -2.31. The maximum Gasteiger partial charge on any atom is 0.243 e. The summed E-state index contributed by atoms with van der Waals surface area (Å²) in [5.41, 5.74) is 0. The summed E-state index contributed by atoms with van der Waals surface area (Å²) in [7, 11) is 0. The molecule has 5 amide bonds. The number of Topliss-reactive ketones (excluding diaryl/α,β-unsaturated/α-hetero) is 1. The maximum atomic E-state index is 13.5. The topological polar surface area (TPSA) is 163 Å². The monoisotopic (exact) mass is 613 g/mol. The summed E-state index contributed by atoms with van der Waals surface area (Å²) in [4.78, 5) is 76.6. The van der Waals surface area contributed by atoms with Gasteiger partial charge < -0.3 is 26.6 Å². The molecule has 0 aromatic rings. The largest absolute Gasteiger partial charge is 0.347 e. The van der Waals surface area contributed by atoms with Crippen LogP contribution in [0, 0.1) is 23.7 Å². The van der Waals surface area contributed by atoms with E-state index in [0.717, 1.165) is 0 Å². The summed E-state index contributed by atoms with van der Waals surface area (Å²) in [5.74, 6) is -2.14. The van der Waals surface area contributed by atoms with Crippen molar-refractivity contribution in [1.82, 2.24) is 26.6 Å². The molecule has 5 N–H and O–H groups in total. The van der Waals surface area contributed by atoms with Gasteiger partial charge in [-0.2, -0.15) is 11.8 Å². The predicted octanol–water partition coefficient (Wildman–Crippen LogP) is 2.18. The van der Waals surface area contributed by atoms with Crippen molar-refractivity contribution in [1.29, 1.82) is 0 Å². The molecule has 12 heteroatoms. The summed E-state index contributed by atoms with van der Waals surface area (Å²) in [6.45, 7) is 16.4. The van der Waals surface area contributed by atoms with E-state index in [1.807, 2.05) is 47.8 Å². The lowest BCUT2D eigenvalue weighted by molar-refractivity contribution is -0.136. The highest BCUT2D eigenvalue weighted by Gasteiger charge is 2.35. The number of ketones is 1. The maximum absolute atomic E-state index is 13.5. The van der Waals surface area contributed by atoms with Gasteiger partial charge in [-0.3, -0.25) is 28.8 Å². The van der Waals surface area contributed by atoms with Gasteiger partial charge >= 0.3 is 0 Å². The molecule has 42 heavy (non-hydrogen) atoms. The Bertz CT molecular complexity index is 899. The second-order valence-electron chi connectivity index (χ2n) is 11.9. The van der Waals surface area contributed by atoms with Crippen LogP contribution in [0.5, 0.6) is 0 Å². The first-order chi connectivity index (χ1) is 19.6. The molecule has 0 radical (unpaired) electrons. The first-order valence-corrected chi connectivity index (χ1v) is 16.4. The average Bonchev–Trinajstić information content (AvgIpc) is 2.93. The van der Waals surface area contributed by atoms with Crippen molar-refractivity contribution < 1.29 is 28.8 Å². The molecule has 0 heterocycles. The van der Waals surface area contributed by atoms with Gasteiger partial charge in [0.25, 0.3) is 0 Å². The van der Waals surface area contributed by atoms with E-state index in [2.05, 4.69) is 26.6 Å². The Balaban J connectivity index is 5.91. The third-order valence-electron chi connectivity index (χ3n) is 7.54. The summed E-state index contributed by atoms with van der Waals surface area (Å²) in [6, 6.07) is -4.29. The lowest BCUT2D eigenvalue weighted by atomic mass is 9.94. The summed E-state index contributed by atoms with van der Waals surface area (Å²) < 4.78 is 0. The standard InChI is InChI=1S/C30H55N5O6S/c1-11-19(7)25(29(40)32-23(21(9)37)15-17(3)4)35-28(39)24(18(5)6)33-30(41)26(20(8)12-2)34-27(38)22(31-16-36)13-14-42-10/h16-20,22-26H,11-15H2,1-10H3,(H,31,36)(H,32,40)(H,33,41)(H,34,38)(H,35,39)/t19?,20?,22-,23-,24-,25-,26-/m0/s1. The van der Waals surface area contributed by atoms with E-state index in [1.165, 1.54) is 18.7 Å². The molecule has 242 valence electrons. The van der Waals surface area contributed by atoms with Gasteiger partial charge in [-0.25, -0.2) is 0 Å². The van der Waals surface area contributed by atoms with Crippen LogP contribution in [0.15, 0.2) is 0 Å². The van der Waals surface area contributed by atoms with Crippen molar-refractivity contribution in [3.8, 4) is 0 Å². The van der Waals surface area contributed by atoms with Gasteiger partial charge in [-0.15, -0.1) is 0 Å². The minimum atomic E-state index is -0.986. The van der Waals surface area contributed by atoms with Gasteiger partial charge in [0, 0.05) is 0 Å². The van der Waals surface area contributed by atoms with Gasteiger partial charge in [0.2, 0.25) is 30.0 Å². The molecule has 0 aromatic heterocycles. The Hall–Kier alpha value is -2.63. The molecule has 0 spiro atoms. The van der Waals surface area contributed by atoms with E-state index >= 15 is 0 Å². The van der Waals surface area contributed by atoms with Crippen molar-refractivity contribution in [2.75, 3.05) is 12.0 Å². The highest BCUT2D eigenvalue weighted by Crippen LogP contribution is 2.14. The minimum absolute atomic E-state index is 0.157. The number of carbonyl (C=O) groups excluding carboxylic acids is 6. The second kappa shape index (κ2) is 20.3. The number of carbonyl (C=O) groups is 6. The summed E-state index contributed by atoms with van der Waals surface area (Å²) >= 11 is 1.54. The molecule has 0 saturated carbocycles. The Morgan fingerprint density at radius 2 is 1.14 bits per heavy atom. The van der Waals surface area contributed by atoms with E-state index in [0.29, 0.717) is 37.8 Å². The molecule has 0 bridgehead atoms. The predicted molar refractivity (Wildman–Crippen MR) is 168 cm³/mol. The van der Waals surface area contributed by atoms with Crippen LogP contribution in [-0.4, -0.2) is 78.0 Å². The third-order valence-corrected chi connectivity index (χ3v) is 8.19. The molecule has 0 rings (SSSR count). The molecule has 0 aromatic carbocycles. The van der Waals surface area contributed by atoms with Crippen LogP contribution in [0.3, 0.4) is 0 Å². The van der Waals surface area contributed by atoms with Crippen molar-refractivity contribution in [3.05, 3.63) is 0 Å². The Kier molecular flexibility index (Phi) is 19.0. The quantitative estimate of drug-likeness (QED) is 0.124. The zero-order chi connectivity index (χ0) is 32.6. The van der Waals surface area contributed by atoms with Crippen LogP contribution in [0.25, 0.3) is 0 Å². The molecule has 0 saturated heterocycles. The fraction of sp³-hybridized carbons (Fsp3) is 0.800. The zero-order valence-electron chi connectivity index (χ0n) is 27.2. The number of rotatable bonds is 21. The molecule has 0 aliphatic heterocycles. The smallest absolute Gasteiger partial charge is 0.243 e. The fourth-order valence-corrected chi connectivity index (χ4v) is 4.82. The van der Waals surface area contributed by atoms with Crippen LogP contribution in [0.1, 0.15) is 88.0 Å². The molecule has 0 aliphatic rings. The number of thioether (sulfide) groups is 1. The van der Waals surface area contributed by atoms with E-state index in [4.69, 9.17) is 0 Å². The second-order valence-corrected chi connectivity index (χ2v) is 12.9. The summed E-state index contributed by atoms with van der Waals surface area (Å²) in [5, 5.41) is 13.7. The normalized spacial score (nSPS) is 16.3. The Morgan fingerprint density at radius 1 is 0.690 bits per heavy atom. The highest BCUT2D eigenvalue weighted by molar-refractivity contribution is 7.98. The van der Waals surface area contributed by atoms with Crippen molar-refractivity contribution in [2.45, 2.75) is 118 Å². The van der Waals surface area contributed by atoms with E-state index in [1.54, 1.807) is 13.8 Å². The number of hydrogen-bond donors (Lipinski definition) is 5. The average molecular weight is 614 g/mol. The zero-order valence-corrected chi connectivity index (χ0v) is 28.0. The van der Waals surface area contributed by atoms with Crippen LogP contribution < -0.4 is 26.6 Å². The highest BCUT2D eigenvalue weighted by atomic mass is 32.2. The van der Waals surface area contributed by atoms with Crippen LogP contribution in [0.2, 0.25) is 0 Å². The van der Waals surface area contributed by atoms with E-state index in [-0.39, 0.29) is 29.5 Å². The first kappa shape index (κ1) is 39.4. The third kappa shape index (κ3) is 13.6. The molecule has 0 aliphatic carbocycles. The van der Waals surface area contributed by atoms with Gasteiger partial charge in [-0.05, 0) is 55.4 Å². The number of amides is 5. The molecular formula is C30H55N5O6S. The lowest BCUT2D eigenvalue weighted by Crippen LogP contribution is -2.61. The van der Waals surface area contributed by atoms with E-state index < -0.39 is 53.8 Å². The minimum Gasteiger partial charge on any atom is -0.347 e. The Labute approximate surface area is 256 Å². The van der Waals surface area contributed by atoms with Gasteiger partial charge in [0.15, 0.2) is 5.78 Å². The van der Waals surface area contributed by atoms with Crippen LogP contribution >= 0.6 is 11.8 Å². The Morgan fingerprint density at radius 3 is 1.55 bits per heavy atom. The molecule has 7 atom stereocenters. The number of hydrogen-bond acceptors (Lipinski definition) is 7. The van der Waals surface area contributed by atoms with Crippen LogP contribution in [0.4, 0.5) is 0 Å². The fourth-order valence-electron chi connectivity index (χ4n) is 4.35. The number of nitrogens with one attached hydrogen (secondary N) is 5. The van der Waals surface area contributed by atoms with Crippen molar-refractivity contribution in [3.63, 3.8) is 0 Å². The van der Waals surface area contributed by atoms with Crippen molar-refractivity contribution in [2.24, 2.45) is 23.7 Å². The summed E-state index contributed by atoms with van der Waals surface area (Å²) in [6.07, 6.45) is 4.42. The molecule has 11 nitrogen and oxygen atoms in total. The van der Waals surface area contributed by atoms with Gasteiger partial charge in [-0.1, -0.05) is 68.2 Å². The molecule has 2 unspecified atom stereocenters. The van der Waals surface area contributed by atoms with Gasteiger partial charge in [0.05, 0.1) is 6.04 Å². The van der Waals surface area contributed by atoms with Gasteiger partial charge in [0.1, 0.15) is 24.2 Å². The molecular weight excluding hydrogens is 558 g/mol. The molecule has 0 fully saturated rings. The van der Waals surface area contributed by atoms with E-state index in [9.17, 15) is 28.8 Å². The van der Waals surface area contributed by atoms with Crippen molar-refractivity contribution >= 4 is 47.6 Å². The van der Waals surface area contributed by atoms with Crippen LogP contribution in [-0.2, 0) is 28.8 Å².